The zero-order valence-electron chi connectivity index (χ0n) is 20.6. The second-order valence-electron chi connectivity index (χ2n) is 9.81. The van der Waals surface area contributed by atoms with Gasteiger partial charge in [-0.25, -0.2) is 0 Å². The van der Waals surface area contributed by atoms with E-state index in [-0.39, 0.29) is 0 Å². The third kappa shape index (κ3) is 8.82. The van der Waals surface area contributed by atoms with Gasteiger partial charge in [-0.1, -0.05) is 71.1 Å². The maximum atomic E-state index is 10.6. The van der Waals surface area contributed by atoms with E-state index in [1.165, 1.54) is 38.5 Å². The van der Waals surface area contributed by atoms with E-state index in [1.54, 1.807) is 0 Å². The molecule has 11 atom stereocenters. The Bertz CT molecular complexity index is 566. The van der Waals surface area contributed by atoms with Gasteiger partial charge in [-0.05, 0) is 6.42 Å². The first-order valence-corrected chi connectivity index (χ1v) is 13.1. The van der Waals surface area contributed by atoms with Gasteiger partial charge < -0.3 is 55.1 Å². The van der Waals surface area contributed by atoms with Crippen molar-refractivity contribution in [1.29, 1.82) is 0 Å². The molecule has 11 nitrogen and oxygen atoms in total. The van der Waals surface area contributed by atoms with Gasteiger partial charge in [-0.2, -0.15) is 0 Å². The molecule has 2 heterocycles. The molecule has 0 saturated carbocycles. The summed E-state index contributed by atoms with van der Waals surface area (Å²) in [6, 6.07) is 0. The van der Waals surface area contributed by atoms with Gasteiger partial charge in [0.25, 0.3) is 0 Å². The summed E-state index contributed by atoms with van der Waals surface area (Å²) in [6.45, 7) is 1.52. The largest absolute Gasteiger partial charge is 0.394 e. The van der Waals surface area contributed by atoms with Gasteiger partial charge in [0.05, 0.1) is 12.7 Å². The highest BCUT2D eigenvalue weighted by Gasteiger charge is 2.51. The third-order valence-electron chi connectivity index (χ3n) is 6.97. The first-order valence-electron chi connectivity index (χ1n) is 13.1. The summed E-state index contributed by atoms with van der Waals surface area (Å²) < 4.78 is 16.1. The number of ether oxygens (including phenoxy) is 3. The van der Waals surface area contributed by atoms with Crippen molar-refractivity contribution in [3.05, 3.63) is 0 Å². The zero-order valence-corrected chi connectivity index (χ0v) is 20.6. The number of unbranched alkanes of at least 4 members (excludes halogenated alkanes) is 9. The van der Waals surface area contributed by atoms with E-state index in [0.717, 1.165) is 19.3 Å². The van der Waals surface area contributed by atoms with Crippen LogP contribution in [-0.4, -0.2) is 115 Å². The van der Waals surface area contributed by atoms with Crippen LogP contribution in [0.5, 0.6) is 0 Å². The average molecular weight is 511 g/mol. The van der Waals surface area contributed by atoms with Crippen LogP contribution >= 0.6 is 0 Å². The van der Waals surface area contributed by atoms with Gasteiger partial charge in [0.1, 0.15) is 48.8 Å². The Morgan fingerprint density at radius 2 is 1.26 bits per heavy atom. The molecule has 2 rings (SSSR count). The number of hydrogen-bond acceptors (Lipinski definition) is 11. The Hall–Kier alpha value is -0.440. The molecule has 35 heavy (non-hydrogen) atoms. The van der Waals surface area contributed by atoms with Crippen LogP contribution in [0.3, 0.4) is 0 Å². The molecular formula is C24H46O11. The summed E-state index contributed by atoms with van der Waals surface area (Å²) in [5, 5.41) is 80.8. The van der Waals surface area contributed by atoms with Gasteiger partial charge in [0.15, 0.2) is 12.6 Å². The highest BCUT2D eigenvalue weighted by molar-refractivity contribution is 4.95. The monoisotopic (exact) mass is 510 g/mol. The fourth-order valence-electron chi connectivity index (χ4n) is 4.70. The predicted molar refractivity (Wildman–Crippen MR) is 124 cm³/mol. The van der Waals surface area contributed by atoms with E-state index >= 15 is 0 Å². The quantitative estimate of drug-likeness (QED) is 0.130. The lowest BCUT2D eigenvalue weighted by Crippen LogP contribution is -2.65. The van der Waals surface area contributed by atoms with Crippen molar-refractivity contribution in [3.8, 4) is 0 Å². The highest BCUT2D eigenvalue weighted by Crippen LogP contribution is 2.30. The molecule has 2 fully saturated rings. The normalized spacial score (nSPS) is 39.0. The van der Waals surface area contributed by atoms with Crippen LogP contribution < -0.4 is 0 Å². The Labute approximate surface area is 207 Å². The summed E-state index contributed by atoms with van der Waals surface area (Å²) >= 11 is 0. The molecule has 2 aliphatic rings. The molecule has 0 radical (unpaired) electrons. The summed E-state index contributed by atoms with van der Waals surface area (Å²) in [6.07, 6.45) is -5.27. The molecule has 2 unspecified atom stereocenters. The minimum atomic E-state index is -1.75. The lowest BCUT2D eigenvalue weighted by Gasteiger charge is -2.46. The zero-order chi connectivity index (χ0) is 26.0. The first kappa shape index (κ1) is 30.8. The molecule has 0 bridgehead atoms. The molecule has 2 aliphatic heterocycles. The summed E-state index contributed by atoms with van der Waals surface area (Å²) in [5.41, 5.74) is 0. The van der Waals surface area contributed by atoms with E-state index in [2.05, 4.69) is 6.92 Å². The molecule has 0 aromatic carbocycles. The lowest BCUT2D eigenvalue weighted by molar-refractivity contribution is -0.359. The highest BCUT2D eigenvalue weighted by atomic mass is 16.7. The molecule has 11 heteroatoms. The smallest absolute Gasteiger partial charge is 0.187 e. The average Bonchev–Trinajstić information content (AvgIpc) is 2.85. The molecule has 0 aromatic heterocycles. The van der Waals surface area contributed by atoms with E-state index in [0.29, 0.717) is 12.8 Å². The second-order valence-corrected chi connectivity index (χ2v) is 9.81. The topological polar surface area (TPSA) is 190 Å². The van der Waals surface area contributed by atoms with Crippen molar-refractivity contribution in [3.63, 3.8) is 0 Å². The van der Waals surface area contributed by atoms with Gasteiger partial charge in [-0.15, -0.1) is 0 Å². The van der Waals surface area contributed by atoms with Crippen LogP contribution in [0.15, 0.2) is 0 Å². The molecule has 2 saturated heterocycles. The van der Waals surface area contributed by atoms with Crippen LogP contribution in [0, 0.1) is 0 Å². The van der Waals surface area contributed by atoms with Crippen LogP contribution in [0.2, 0.25) is 0 Å². The molecular weight excluding hydrogens is 464 g/mol. The van der Waals surface area contributed by atoms with E-state index < -0.39 is 74.1 Å². The van der Waals surface area contributed by atoms with Crippen molar-refractivity contribution in [2.75, 3.05) is 6.61 Å². The third-order valence-corrected chi connectivity index (χ3v) is 6.97. The fraction of sp³-hybridized carbons (Fsp3) is 1.00. The van der Waals surface area contributed by atoms with E-state index in [4.69, 9.17) is 14.2 Å². The molecule has 0 aliphatic carbocycles. The molecule has 0 spiro atoms. The molecule has 0 amide bonds. The minimum absolute atomic E-state index is 0.313. The maximum Gasteiger partial charge on any atom is 0.187 e. The van der Waals surface area contributed by atoms with E-state index in [9.17, 15) is 40.9 Å². The second kappa shape index (κ2) is 15.7. The standard InChI is InChI=1S/C24H46O11/c1-2-3-4-5-6-7-8-9-10-11-12-14(26)21-17(28)16(27)20(31)24(34-21)35-22-15(13-25)33-23(32)19(30)18(22)29/h14-32H,2-13H2,1H3/t14?,15-,16+,17+,18-,19-,20-,21-,22-,23?,24-/m1/s1. The van der Waals surface area contributed by atoms with Crippen LogP contribution in [0.1, 0.15) is 77.6 Å². The van der Waals surface area contributed by atoms with E-state index in [1.807, 2.05) is 0 Å². The lowest BCUT2D eigenvalue weighted by atomic mass is 9.92. The SMILES string of the molecule is CCCCCCCCCCCCC(O)[C@H]1O[C@H](O[C@H]2[C@H](O)[C@@H](O)C(O)O[C@@H]2CO)[C@H](O)[C@@H](O)[C@@H]1O. The summed E-state index contributed by atoms with van der Waals surface area (Å²) in [5.74, 6) is 0. The number of rotatable bonds is 15. The molecule has 8 N–H and O–H groups in total. The van der Waals surface area contributed by atoms with Gasteiger partial charge in [0, 0.05) is 0 Å². The van der Waals surface area contributed by atoms with Crippen LogP contribution in [0.25, 0.3) is 0 Å². The Morgan fingerprint density at radius 3 is 1.83 bits per heavy atom. The Kier molecular flexibility index (Phi) is 13.8. The van der Waals surface area contributed by atoms with Crippen molar-refractivity contribution >= 4 is 0 Å². The van der Waals surface area contributed by atoms with Crippen LogP contribution in [-0.2, 0) is 14.2 Å². The summed E-state index contributed by atoms with van der Waals surface area (Å²) in [7, 11) is 0. The fourth-order valence-corrected chi connectivity index (χ4v) is 4.70. The summed E-state index contributed by atoms with van der Waals surface area (Å²) in [4.78, 5) is 0. The van der Waals surface area contributed by atoms with Crippen LogP contribution in [0.4, 0.5) is 0 Å². The molecule has 208 valence electrons. The Balaban J connectivity index is 1.82. The Morgan fingerprint density at radius 1 is 0.686 bits per heavy atom. The maximum absolute atomic E-state index is 10.6. The van der Waals surface area contributed by atoms with Gasteiger partial charge in [0.2, 0.25) is 0 Å². The van der Waals surface area contributed by atoms with Crippen molar-refractivity contribution in [2.24, 2.45) is 0 Å². The predicted octanol–water partition coefficient (Wildman–Crippen LogP) is -0.718. The van der Waals surface area contributed by atoms with Crippen molar-refractivity contribution in [2.45, 2.75) is 145 Å². The number of aliphatic hydroxyl groups excluding tert-OH is 8. The molecule has 0 aromatic rings. The number of aliphatic hydroxyl groups is 8. The minimum Gasteiger partial charge on any atom is -0.394 e. The van der Waals surface area contributed by atoms with Gasteiger partial charge >= 0.3 is 0 Å². The first-order chi connectivity index (χ1) is 16.7. The number of hydrogen-bond donors (Lipinski definition) is 8. The van der Waals surface area contributed by atoms with Crippen molar-refractivity contribution < 1.29 is 55.1 Å². The van der Waals surface area contributed by atoms with Crippen molar-refractivity contribution in [1.82, 2.24) is 0 Å². The van der Waals surface area contributed by atoms with Gasteiger partial charge in [-0.3, -0.25) is 0 Å².